The third-order valence-corrected chi connectivity index (χ3v) is 4.40. The normalized spacial score (nSPS) is 12.2. The van der Waals surface area contributed by atoms with Gasteiger partial charge in [0.25, 0.3) is 0 Å². The second kappa shape index (κ2) is 11.3. The van der Waals surface area contributed by atoms with Crippen molar-refractivity contribution in [1.29, 1.82) is 0 Å². The molecule has 1 rings (SSSR count). The van der Waals surface area contributed by atoms with Gasteiger partial charge < -0.3 is 0 Å². The van der Waals surface area contributed by atoms with Gasteiger partial charge in [0.1, 0.15) is 0 Å². The molecule has 1 aromatic rings. The van der Waals surface area contributed by atoms with Crippen LogP contribution in [-0.2, 0) is 16.4 Å². The Balaban J connectivity index is 2.44. The number of unbranched alkanes of at least 4 members (excludes halogenated alkanes) is 2. The van der Waals surface area contributed by atoms with Crippen LogP contribution in [0.2, 0.25) is 0 Å². The van der Waals surface area contributed by atoms with Gasteiger partial charge in [-0.3, -0.25) is 9.62 Å². The third-order valence-electron chi connectivity index (χ3n) is 3.80. The molecule has 4 nitrogen and oxygen atoms in total. The minimum atomic E-state index is -3.21. The standard InChI is InChI=1S/C19H32N2O2S/c1-4-6-15-21(16-7-5-2)17-9-8-10-18-11-13-19(14-12-18)20-24(3,22)23/h8-9,11-14,20H,4-7,10,15-17H2,1-3H3/b9-8+. The highest BCUT2D eigenvalue weighted by molar-refractivity contribution is 7.92. The van der Waals surface area contributed by atoms with E-state index in [1.807, 2.05) is 12.1 Å². The summed E-state index contributed by atoms with van der Waals surface area (Å²) in [7, 11) is -3.21. The van der Waals surface area contributed by atoms with E-state index < -0.39 is 10.0 Å². The van der Waals surface area contributed by atoms with Crippen molar-refractivity contribution < 1.29 is 8.42 Å². The van der Waals surface area contributed by atoms with Crippen LogP contribution in [0, 0.1) is 0 Å². The highest BCUT2D eigenvalue weighted by Crippen LogP contribution is 2.11. The molecule has 0 aromatic heterocycles. The van der Waals surface area contributed by atoms with Gasteiger partial charge in [0.05, 0.1) is 6.26 Å². The van der Waals surface area contributed by atoms with Crippen LogP contribution in [-0.4, -0.2) is 39.2 Å². The molecule has 136 valence electrons. The Bertz CT molecular complexity index is 572. The lowest BCUT2D eigenvalue weighted by Crippen LogP contribution is -2.26. The summed E-state index contributed by atoms with van der Waals surface area (Å²) in [5.41, 5.74) is 1.79. The molecular formula is C19H32N2O2S. The Morgan fingerprint density at radius 3 is 2.08 bits per heavy atom. The number of nitrogens with zero attached hydrogens (tertiary/aromatic N) is 1. The van der Waals surface area contributed by atoms with Gasteiger partial charge >= 0.3 is 0 Å². The number of rotatable bonds is 12. The summed E-state index contributed by atoms with van der Waals surface area (Å²) < 4.78 is 24.8. The Kier molecular flexibility index (Phi) is 9.72. The zero-order valence-electron chi connectivity index (χ0n) is 15.3. The third kappa shape index (κ3) is 9.73. The maximum atomic E-state index is 11.2. The van der Waals surface area contributed by atoms with Crippen LogP contribution in [0.25, 0.3) is 0 Å². The molecule has 24 heavy (non-hydrogen) atoms. The summed E-state index contributed by atoms with van der Waals surface area (Å²) in [4.78, 5) is 2.52. The number of sulfonamides is 1. The maximum Gasteiger partial charge on any atom is 0.229 e. The zero-order chi connectivity index (χ0) is 17.8. The Morgan fingerprint density at radius 2 is 1.58 bits per heavy atom. The van der Waals surface area contributed by atoms with Crippen molar-refractivity contribution in [3.8, 4) is 0 Å². The lowest BCUT2D eigenvalue weighted by Gasteiger charge is -2.19. The second-order valence-corrected chi connectivity index (χ2v) is 8.00. The van der Waals surface area contributed by atoms with Crippen LogP contribution in [0.15, 0.2) is 36.4 Å². The number of benzene rings is 1. The summed E-state index contributed by atoms with van der Waals surface area (Å²) in [5.74, 6) is 0. The van der Waals surface area contributed by atoms with Crippen LogP contribution in [0.4, 0.5) is 5.69 Å². The number of nitrogens with one attached hydrogen (secondary N) is 1. The molecule has 0 radical (unpaired) electrons. The van der Waals surface area contributed by atoms with E-state index in [2.05, 4.69) is 35.6 Å². The van der Waals surface area contributed by atoms with Crippen LogP contribution in [0.3, 0.4) is 0 Å². The lowest BCUT2D eigenvalue weighted by molar-refractivity contribution is 0.292. The van der Waals surface area contributed by atoms with Gasteiger partial charge in [0.2, 0.25) is 10.0 Å². The largest absolute Gasteiger partial charge is 0.300 e. The molecule has 0 spiro atoms. The minimum absolute atomic E-state index is 0.607. The first kappa shape index (κ1) is 20.7. The average Bonchev–Trinajstić information content (AvgIpc) is 2.53. The molecule has 5 heteroatoms. The molecule has 0 saturated carbocycles. The highest BCUT2D eigenvalue weighted by Gasteiger charge is 2.02. The average molecular weight is 353 g/mol. The fourth-order valence-electron chi connectivity index (χ4n) is 2.42. The van der Waals surface area contributed by atoms with Gasteiger partial charge in [0.15, 0.2) is 0 Å². The van der Waals surface area contributed by atoms with E-state index in [9.17, 15) is 8.42 Å². The van der Waals surface area contributed by atoms with Crippen LogP contribution >= 0.6 is 0 Å². The predicted octanol–water partition coefficient (Wildman–Crippen LogP) is 4.06. The van der Waals surface area contributed by atoms with Crippen molar-refractivity contribution in [1.82, 2.24) is 4.90 Å². The second-order valence-electron chi connectivity index (χ2n) is 6.25. The first-order valence-corrected chi connectivity index (χ1v) is 10.8. The van der Waals surface area contributed by atoms with E-state index in [-0.39, 0.29) is 0 Å². The SMILES string of the molecule is CCCCN(C/C=C/Cc1ccc(NS(C)(=O)=O)cc1)CCCC. The fourth-order valence-corrected chi connectivity index (χ4v) is 2.99. The predicted molar refractivity (Wildman–Crippen MR) is 104 cm³/mol. The summed E-state index contributed by atoms with van der Waals surface area (Å²) in [6.45, 7) is 7.82. The van der Waals surface area contributed by atoms with Gasteiger partial charge in [-0.1, -0.05) is 51.0 Å². The number of hydrogen-bond donors (Lipinski definition) is 1. The molecule has 0 aliphatic heterocycles. The topological polar surface area (TPSA) is 49.4 Å². The molecule has 1 N–H and O–H groups in total. The maximum absolute atomic E-state index is 11.2. The van der Waals surface area contributed by atoms with E-state index >= 15 is 0 Å². The van der Waals surface area contributed by atoms with Crippen molar-refractivity contribution in [2.45, 2.75) is 46.0 Å². The monoisotopic (exact) mass is 352 g/mol. The molecular weight excluding hydrogens is 320 g/mol. The Labute approximate surface area is 148 Å². The molecule has 0 heterocycles. The lowest BCUT2D eigenvalue weighted by atomic mass is 10.1. The van der Waals surface area contributed by atoms with Crippen molar-refractivity contribution in [2.24, 2.45) is 0 Å². The van der Waals surface area contributed by atoms with Crippen molar-refractivity contribution in [3.63, 3.8) is 0 Å². The van der Waals surface area contributed by atoms with E-state index in [1.54, 1.807) is 12.1 Å². The fraction of sp³-hybridized carbons (Fsp3) is 0.579. The van der Waals surface area contributed by atoms with E-state index in [0.717, 1.165) is 19.2 Å². The van der Waals surface area contributed by atoms with Crippen LogP contribution in [0.5, 0.6) is 0 Å². The van der Waals surface area contributed by atoms with Crippen LogP contribution in [0.1, 0.15) is 45.1 Å². The number of allylic oxidation sites excluding steroid dienone is 1. The number of anilines is 1. The van der Waals surface area contributed by atoms with E-state index in [1.165, 1.54) is 44.3 Å². The van der Waals surface area contributed by atoms with Gasteiger partial charge in [-0.25, -0.2) is 8.42 Å². The number of hydrogen-bond acceptors (Lipinski definition) is 3. The Morgan fingerprint density at radius 1 is 1.00 bits per heavy atom. The van der Waals surface area contributed by atoms with Crippen LogP contribution < -0.4 is 4.72 Å². The zero-order valence-corrected chi connectivity index (χ0v) is 16.1. The quantitative estimate of drug-likeness (QED) is 0.577. The molecule has 0 bridgehead atoms. The van der Waals surface area contributed by atoms with Crippen molar-refractivity contribution >= 4 is 15.7 Å². The first-order valence-electron chi connectivity index (χ1n) is 8.88. The van der Waals surface area contributed by atoms with Gasteiger partial charge in [-0.15, -0.1) is 0 Å². The van der Waals surface area contributed by atoms with E-state index in [4.69, 9.17) is 0 Å². The molecule has 0 aliphatic rings. The Hall–Kier alpha value is -1.33. The molecule has 0 fully saturated rings. The van der Waals surface area contributed by atoms with Gasteiger partial charge in [-0.05, 0) is 50.0 Å². The first-order chi connectivity index (χ1) is 11.4. The summed E-state index contributed by atoms with van der Waals surface area (Å²) in [5, 5.41) is 0. The molecule has 0 amide bonds. The molecule has 0 unspecified atom stereocenters. The summed E-state index contributed by atoms with van der Waals surface area (Å²) in [6, 6.07) is 7.53. The molecule has 0 saturated heterocycles. The molecule has 1 aromatic carbocycles. The highest BCUT2D eigenvalue weighted by atomic mass is 32.2. The van der Waals surface area contributed by atoms with Crippen molar-refractivity contribution in [3.05, 3.63) is 42.0 Å². The van der Waals surface area contributed by atoms with Gasteiger partial charge in [0, 0.05) is 12.2 Å². The minimum Gasteiger partial charge on any atom is -0.300 e. The molecule has 0 aliphatic carbocycles. The van der Waals surface area contributed by atoms with E-state index in [0.29, 0.717) is 5.69 Å². The van der Waals surface area contributed by atoms with Crippen molar-refractivity contribution in [2.75, 3.05) is 30.6 Å². The summed E-state index contributed by atoms with van der Waals surface area (Å²) in [6.07, 6.45) is 11.5. The smallest absolute Gasteiger partial charge is 0.229 e. The molecule has 0 atom stereocenters. The summed E-state index contributed by atoms with van der Waals surface area (Å²) >= 11 is 0. The van der Waals surface area contributed by atoms with Gasteiger partial charge in [-0.2, -0.15) is 0 Å².